The number of halogens is 3. The lowest BCUT2D eigenvalue weighted by atomic mass is 10.3. The molecule has 1 saturated heterocycles. The lowest BCUT2D eigenvalue weighted by Crippen LogP contribution is -2.48. The third-order valence-electron chi connectivity index (χ3n) is 4.71. The molecule has 3 heterocycles. The molecule has 0 N–H and O–H groups in total. The van der Waals surface area contributed by atoms with Gasteiger partial charge >= 0.3 is 0 Å². The molecule has 3 aromatic rings. The molecule has 28 heavy (non-hydrogen) atoms. The monoisotopic (exact) mass is 486 g/mol. The van der Waals surface area contributed by atoms with Crippen molar-refractivity contribution >= 4 is 43.2 Å². The number of pyridine rings is 1. The predicted molar refractivity (Wildman–Crippen MR) is 108 cm³/mol. The fourth-order valence-corrected chi connectivity index (χ4v) is 5.28. The summed E-state index contributed by atoms with van der Waals surface area (Å²) in [5, 5.41) is -0.196. The molecule has 4 rings (SSSR count). The van der Waals surface area contributed by atoms with Crippen molar-refractivity contribution in [2.75, 3.05) is 26.2 Å². The van der Waals surface area contributed by atoms with E-state index in [1.807, 2.05) is 28.9 Å². The van der Waals surface area contributed by atoms with E-state index in [0.29, 0.717) is 32.7 Å². The quantitative estimate of drug-likeness (QED) is 0.566. The van der Waals surface area contributed by atoms with Gasteiger partial charge in [0.25, 0.3) is 0 Å². The van der Waals surface area contributed by atoms with Crippen molar-refractivity contribution in [1.29, 1.82) is 0 Å². The van der Waals surface area contributed by atoms with Crippen LogP contribution in [-0.4, -0.2) is 53.2 Å². The zero-order valence-corrected chi connectivity index (χ0v) is 17.9. The molecule has 1 aromatic carbocycles. The molecule has 2 aromatic heterocycles. The van der Waals surface area contributed by atoms with Gasteiger partial charge in [-0.1, -0.05) is 11.6 Å². The van der Waals surface area contributed by atoms with Gasteiger partial charge < -0.3 is 4.40 Å². The number of piperazine rings is 1. The van der Waals surface area contributed by atoms with E-state index in [-0.39, 0.29) is 9.92 Å². The number of imidazole rings is 1. The molecule has 10 heteroatoms. The fraction of sp³-hybridized carbons (Fsp3) is 0.278. The van der Waals surface area contributed by atoms with Crippen LogP contribution in [0.4, 0.5) is 4.39 Å². The van der Waals surface area contributed by atoms with Crippen molar-refractivity contribution < 1.29 is 12.8 Å². The van der Waals surface area contributed by atoms with E-state index in [1.54, 1.807) is 0 Å². The Morgan fingerprint density at radius 3 is 2.57 bits per heavy atom. The van der Waals surface area contributed by atoms with E-state index in [4.69, 9.17) is 11.6 Å². The smallest absolute Gasteiger partial charge is 0.243 e. The first-order valence-corrected chi connectivity index (χ1v) is 11.2. The van der Waals surface area contributed by atoms with Crippen LogP contribution in [0.1, 0.15) is 5.69 Å². The summed E-state index contributed by atoms with van der Waals surface area (Å²) in [6.07, 6.45) is 3.92. The molecule has 0 saturated carbocycles. The molecule has 6 nitrogen and oxygen atoms in total. The van der Waals surface area contributed by atoms with Crippen LogP contribution in [0.3, 0.4) is 0 Å². The molecule has 1 aliphatic rings. The van der Waals surface area contributed by atoms with E-state index in [9.17, 15) is 12.8 Å². The highest BCUT2D eigenvalue weighted by atomic mass is 79.9. The number of fused-ring (bicyclic) bond motifs is 1. The second-order valence-electron chi connectivity index (χ2n) is 6.60. The summed E-state index contributed by atoms with van der Waals surface area (Å²) >= 11 is 9.18. The first kappa shape index (κ1) is 19.8. The zero-order chi connectivity index (χ0) is 19.9. The lowest BCUT2D eigenvalue weighted by molar-refractivity contribution is 0.180. The standard InChI is InChI=1S/C18H17BrClFN4O2S/c19-13-1-4-18-22-14(12-24(18)10-13)11-23-5-7-25(8-6-23)28(26,27)15-2-3-17(21)16(20)9-15/h1-4,9-10,12H,5-8,11H2. The summed E-state index contributed by atoms with van der Waals surface area (Å²) in [6.45, 7) is 2.54. The zero-order valence-electron chi connectivity index (χ0n) is 14.7. The number of sulfonamides is 1. The highest BCUT2D eigenvalue weighted by molar-refractivity contribution is 9.10. The summed E-state index contributed by atoms with van der Waals surface area (Å²) in [5.41, 5.74) is 1.80. The van der Waals surface area contributed by atoms with Gasteiger partial charge in [-0.15, -0.1) is 0 Å². The van der Waals surface area contributed by atoms with Gasteiger partial charge in [0, 0.05) is 49.6 Å². The predicted octanol–water partition coefficient (Wildman–Crippen LogP) is 3.40. The molecule has 0 unspecified atom stereocenters. The van der Waals surface area contributed by atoms with Crippen LogP contribution in [0.15, 0.2) is 52.1 Å². The van der Waals surface area contributed by atoms with E-state index in [0.717, 1.165) is 27.9 Å². The molecule has 0 amide bonds. The largest absolute Gasteiger partial charge is 0.306 e. The Kier molecular flexibility index (Phi) is 5.45. The van der Waals surface area contributed by atoms with E-state index in [1.165, 1.54) is 10.4 Å². The van der Waals surface area contributed by atoms with Gasteiger partial charge in [-0.25, -0.2) is 17.8 Å². The molecule has 1 fully saturated rings. The van der Waals surface area contributed by atoms with Crippen LogP contribution in [0.5, 0.6) is 0 Å². The molecule has 148 valence electrons. The molecule has 0 radical (unpaired) electrons. The van der Waals surface area contributed by atoms with Crippen LogP contribution >= 0.6 is 27.5 Å². The minimum atomic E-state index is -3.69. The van der Waals surface area contributed by atoms with E-state index >= 15 is 0 Å². The molecular formula is C18H17BrClFN4O2S. The third kappa shape index (κ3) is 3.95. The van der Waals surface area contributed by atoms with Gasteiger partial charge in [0.1, 0.15) is 11.5 Å². The van der Waals surface area contributed by atoms with Gasteiger partial charge in [-0.05, 0) is 46.3 Å². The molecule has 0 spiro atoms. The van der Waals surface area contributed by atoms with Crippen LogP contribution < -0.4 is 0 Å². The Morgan fingerprint density at radius 1 is 1.11 bits per heavy atom. The Bertz CT molecular complexity index is 1130. The minimum absolute atomic E-state index is 0.0123. The van der Waals surface area contributed by atoms with E-state index < -0.39 is 15.8 Å². The Hall–Kier alpha value is -1.52. The van der Waals surface area contributed by atoms with Gasteiger partial charge in [-0.2, -0.15) is 4.31 Å². The van der Waals surface area contributed by atoms with Crippen molar-refractivity contribution in [3.63, 3.8) is 0 Å². The summed E-state index contributed by atoms with van der Waals surface area (Å²) < 4.78 is 43.2. The average molecular weight is 488 g/mol. The fourth-order valence-electron chi connectivity index (χ4n) is 3.24. The maximum absolute atomic E-state index is 13.3. The number of aromatic nitrogens is 2. The van der Waals surface area contributed by atoms with Gasteiger partial charge in [0.2, 0.25) is 10.0 Å². The number of hydrogen-bond acceptors (Lipinski definition) is 4. The highest BCUT2D eigenvalue weighted by Gasteiger charge is 2.29. The molecule has 1 aliphatic heterocycles. The lowest BCUT2D eigenvalue weighted by Gasteiger charge is -2.33. The topological polar surface area (TPSA) is 57.9 Å². The van der Waals surface area contributed by atoms with Gasteiger partial charge in [-0.3, -0.25) is 4.90 Å². The average Bonchev–Trinajstić information content (AvgIpc) is 3.05. The third-order valence-corrected chi connectivity index (χ3v) is 7.36. The van der Waals surface area contributed by atoms with Crippen LogP contribution in [0.25, 0.3) is 5.65 Å². The molecule has 0 aliphatic carbocycles. The summed E-state index contributed by atoms with van der Waals surface area (Å²) in [6, 6.07) is 7.36. The first-order chi connectivity index (χ1) is 13.3. The second-order valence-corrected chi connectivity index (χ2v) is 9.86. The minimum Gasteiger partial charge on any atom is -0.306 e. The number of nitrogens with zero attached hydrogens (tertiary/aromatic N) is 4. The van der Waals surface area contributed by atoms with Crippen molar-refractivity contribution in [2.24, 2.45) is 0 Å². The molecule has 0 atom stereocenters. The maximum Gasteiger partial charge on any atom is 0.243 e. The number of benzene rings is 1. The van der Waals surface area contributed by atoms with Crippen molar-refractivity contribution in [3.05, 3.63) is 63.7 Å². The summed E-state index contributed by atoms with van der Waals surface area (Å²) in [4.78, 5) is 6.78. The Balaban J connectivity index is 1.42. The molecule has 0 bridgehead atoms. The Morgan fingerprint density at radius 2 is 1.86 bits per heavy atom. The SMILES string of the molecule is O=S(=O)(c1ccc(F)c(Cl)c1)N1CCN(Cc2cn3cc(Br)ccc3n2)CC1. The molecular weight excluding hydrogens is 471 g/mol. The summed E-state index contributed by atoms with van der Waals surface area (Å²) in [7, 11) is -3.69. The van der Waals surface area contributed by atoms with Crippen LogP contribution in [0.2, 0.25) is 5.02 Å². The highest BCUT2D eigenvalue weighted by Crippen LogP contribution is 2.23. The van der Waals surface area contributed by atoms with E-state index in [2.05, 4.69) is 25.8 Å². The van der Waals surface area contributed by atoms with Crippen molar-refractivity contribution in [2.45, 2.75) is 11.4 Å². The number of rotatable bonds is 4. The Labute approximate surface area is 175 Å². The van der Waals surface area contributed by atoms with Crippen LogP contribution in [-0.2, 0) is 16.6 Å². The number of hydrogen-bond donors (Lipinski definition) is 0. The van der Waals surface area contributed by atoms with Crippen molar-refractivity contribution in [1.82, 2.24) is 18.6 Å². The first-order valence-electron chi connectivity index (χ1n) is 8.63. The summed E-state index contributed by atoms with van der Waals surface area (Å²) in [5.74, 6) is -0.634. The normalized spacial score (nSPS) is 16.7. The maximum atomic E-state index is 13.3. The van der Waals surface area contributed by atoms with Gasteiger partial charge in [0.05, 0.1) is 15.6 Å². The van der Waals surface area contributed by atoms with Gasteiger partial charge in [0.15, 0.2) is 0 Å². The van der Waals surface area contributed by atoms with Crippen molar-refractivity contribution in [3.8, 4) is 0 Å². The van der Waals surface area contributed by atoms with Crippen LogP contribution in [0, 0.1) is 5.82 Å². The second kappa shape index (κ2) is 7.72.